The summed E-state index contributed by atoms with van der Waals surface area (Å²) < 4.78 is 5.37. The molecule has 0 saturated heterocycles. The summed E-state index contributed by atoms with van der Waals surface area (Å²) in [6.07, 6.45) is 0. The summed E-state index contributed by atoms with van der Waals surface area (Å²) in [5, 5.41) is 5.39. The number of hydrogen-bond acceptors (Lipinski definition) is 0. The van der Waals surface area contributed by atoms with E-state index in [1.165, 1.54) is 39.4 Å². The van der Waals surface area contributed by atoms with E-state index in [0.29, 0.717) is 26.3 Å². The number of fused-ring (bicyclic) bond motifs is 2. The van der Waals surface area contributed by atoms with Gasteiger partial charge >= 0.3 is 170 Å². The molecule has 0 heterocycles. The standard InChI is InChI=1S/C20H12Br2Se2/c21-15-9-1-5-13-7-3-11-17(19(13)15)23-24-18-12-4-8-14-6-2-10-16(22)20(14)18/h1-12H. The van der Waals surface area contributed by atoms with Gasteiger partial charge in [0, 0.05) is 0 Å². The van der Waals surface area contributed by atoms with Crippen LogP contribution in [-0.2, 0) is 0 Å². The molecule has 0 aromatic heterocycles. The van der Waals surface area contributed by atoms with Crippen molar-refractivity contribution in [1.29, 1.82) is 0 Å². The van der Waals surface area contributed by atoms with Gasteiger partial charge < -0.3 is 0 Å². The Morgan fingerprint density at radius 3 is 1.29 bits per heavy atom. The molecule has 0 bridgehead atoms. The zero-order valence-electron chi connectivity index (χ0n) is 12.5. The Bertz CT molecular complexity index is 948. The minimum atomic E-state index is 0.444. The van der Waals surface area contributed by atoms with E-state index >= 15 is 0 Å². The van der Waals surface area contributed by atoms with E-state index in [1.54, 1.807) is 0 Å². The Balaban J connectivity index is 1.74. The van der Waals surface area contributed by atoms with E-state index in [2.05, 4.69) is 105 Å². The van der Waals surface area contributed by atoms with Gasteiger partial charge in [0.2, 0.25) is 0 Å². The van der Waals surface area contributed by atoms with Crippen LogP contribution in [0.5, 0.6) is 0 Å². The topological polar surface area (TPSA) is 0 Å². The second-order valence-electron chi connectivity index (χ2n) is 5.35. The molecule has 0 spiro atoms. The average molecular weight is 570 g/mol. The summed E-state index contributed by atoms with van der Waals surface area (Å²) in [5.41, 5.74) is 0. The van der Waals surface area contributed by atoms with Crippen LogP contribution in [0.4, 0.5) is 0 Å². The van der Waals surface area contributed by atoms with Crippen molar-refractivity contribution in [3.63, 3.8) is 0 Å². The quantitative estimate of drug-likeness (QED) is 0.311. The van der Waals surface area contributed by atoms with E-state index in [1.807, 2.05) is 0 Å². The predicted molar refractivity (Wildman–Crippen MR) is 114 cm³/mol. The van der Waals surface area contributed by atoms with Gasteiger partial charge in [0.15, 0.2) is 0 Å². The van der Waals surface area contributed by atoms with Crippen LogP contribution in [0.25, 0.3) is 21.5 Å². The third-order valence-electron chi connectivity index (χ3n) is 3.85. The third-order valence-corrected chi connectivity index (χ3v) is 12.4. The first-order valence-electron chi connectivity index (χ1n) is 7.43. The maximum absolute atomic E-state index is 3.73. The molecule has 0 aliphatic carbocycles. The van der Waals surface area contributed by atoms with E-state index in [4.69, 9.17) is 0 Å². The zero-order valence-corrected chi connectivity index (χ0v) is 19.1. The van der Waals surface area contributed by atoms with Crippen LogP contribution in [0, 0.1) is 0 Å². The molecule has 0 saturated carbocycles. The fourth-order valence-corrected chi connectivity index (χ4v) is 11.8. The van der Waals surface area contributed by atoms with Gasteiger partial charge in [0.1, 0.15) is 0 Å². The van der Waals surface area contributed by atoms with Gasteiger partial charge in [-0.3, -0.25) is 0 Å². The van der Waals surface area contributed by atoms with Crippen molar-refractivity contribution < 1.29 is 0 Å². The van der Waals surface area contributed by atoms with Gasteiger partial charge in [-0.05, 0) is 0 Å². The molecule has 0 amide bonds. The molecule has 0 atom stereocenters. The first kappa shape index (κ1) is 16.8. The summed E-state index contributed by atoms with van der Waals surface area (Å²) in [7, 11) is 0. The maximum atomic E-state index is 3.73. The van der Waals surface area contributed by atoms with Crippen LogP contribution < -0.4 is 8.92 Å². The molecule has 0 unspecified atom stereocenters. The molecular formula is C20H12Br2Se2. The van der Waals surface area contributed by atoms with Crippen molar-refractivity contribution in [3.05, 3.63) is 81.7 Å². The van der Waals surface area contributed by atoms with Gasteiger partial charge in [-0.15, -0.1) is 0 Å². The fourth-order valence-electron chi connectivity index (χ4n) is 2.75. The van der Waals surface area contributed by atoms with Crippen molar-refractivity contribution in [3.8, 4) is 0 Å². The van der Waals surface area contributed by atoms with Crippen LogP contribution in [0.1, 0.15) is 0 Å². The molecule has 4 aromatic carbocycles. The summed E-state index contributed by atoms with van der Waals surface area (Å²) >= 11 is 8.36. The van der Waals surface area contributed by atoms with Crippen LogP contribution in [0.3, 0.4) is 0 Å². The molecule has 0 aliphatic heterocycles. The van der Waals surface area contributed by atoms with Crippen LogP contribution in [0.2, 0.25) is 0 Å². The molecule has 0 fully saturated rings. The molecule has 24 heavy (non-hydrogen) atoms. The van der Waals surface area contributed by atoms with E-state index in [9.17, 15) is 0 Å². The SMILES string of the molecule is Brc1cccc2cccc([Se][Se]c3cccc4cccc(Br)c34)c12. The van der Waals surface area contributed by atoms with Crippen molar-refractivity contribution in [1.82, 2.24) is 0 Å². The van der Waals surface area contributed by atoms with E-state index in [-0.39, 0.29) is 0 Å². The first-order chi connectivity index (χ1) is 11.7. The van der Waals surface area contributed by atoms with Gasteiger partial charge in [0.25, 0.3) is 0 Å². The molecule has 4 rings (SSSR count). The van der Waals surface area contributed by atoms with Gasteiger partial charge in [0.05, 0.1) is 0 Å². The first-order valence-corrected chi connectivity index (χ1v) is 15.1. The van der Waals surface area contributed by atoms with Gasteiger partial charge in [-0.25, -0.2) is 0 Å². The molecule has 4 heteroatoms. The monoisotopic (exact) mass is 570 g/mol. The number of benzene rings is 4. The van der Waals surface area contributed by atoms with Crippen molar-refractivity contribution >= 4 is 88.6 Å². The van der Waals surface area contributed by atoms with Crippen LogP contribution in [-0.4, -0.2) is 26.3 Å². The molecule has 0 nitrogen and oxygen atoms in total. The molecule has 118 valence electrons. The molecule has 0 radical (unpaired) electrons. The second kappa shape index (κ2) is 7.33. The van der Waals surface area contributed by atoms with Crippen LogP contribution >= 0.6 is 31.9 Å². The third kappa shape index (κ3) is 3.24. The Kier molecular flexibility index (Phi) is 5.15. The molecular weight excluding hydrogens is 558 g/mol. The summed E-state index contributed by atoms with van der Waals surface area (Å²) in [5.74, 6) is 0. The zero-order chi connectivity index (χ0) is 16.5. The summed E-state index contributed by atoms with van der Waals surface area (Å²) in [4.78, 5) is 0. The average Bonchev–Trinajstić information content (AvgIpc) is 2.60. The Morgan fingerprint density at radius 2 is 0.875 bits per heavy atom. The van der Waals surface area contributed by atoms with Crippen molar-refractivity contribution in [2.24, 2.45) is 0 Å². The Morgan fingerprint density at radius 1 is 0.500 bits per heavy atom. The normalized spacial score (nSPS) is 11.2. The molecule has 4 aromatic rings. The van der Waals surface area contributed by atoms with E-state index < -0.39 is 0 Å². The summed E-state index contributed by atoms with van der Waals surface area (Å²) in [6.45, 7) is 0. The number of hydrogen-bond donors (Lipinski definition) is 0. The fraction of sp³-hybridized carbons (Fsp3) is 0. The Labute approximate surface area is 169 Å². The Hall–Kier alpha value is -0.601. The predicted octanol–water partition coefficient (Wildman–Crippen LogP) is 4.79. The van der Waals surface area contributed by atoms with Crippen molar-refractivity contribution in [2.45, 2.75) is 0 Å². The summed E-state index contributed by atoms with van der Waals surface area (Å²) in [6, 6.07) is 26.2. The number of rotatable bonds is 3. The number of halogens is 2. The second-order valence-corrected chi connectivity index (χ2v) is 13.2. The van der Waals surface area contributed by atoms with Crippen molar-refractivity contribution in [2.75, 3.05) is 0 Å². The molecule has 0 N–H and O–H groups in total. The van der Waals surface area contributed by atoms with Crippen LogP contribution in [0.15, 0.2) is 81.7 Å². The minimum absolute atomic E-state index is 0.444. The van der Waals surface area contributed by atoms with Gasteiger partial charge in [-0.1, -0.05) is 0 Å². The van der Waals surface area contributed by atoms with E-state index in [0.717, 1.165) is 0 Å². The molecule has 0 aliphatic rings. The van der Waals surface area contributed by atoms with Gasteiger partial charge in [-0.2, -0.15) is 0 Å².